The summed E-state index contributed by atoms with van der Waals surface area (Å²) in [5, 5.41) is 11.9. The van der Waals surface area contributed by atoms with Gasteiger partial charge in [-0.2, -0.15) is 9.97 Å². The molecule has 6 heteroatoms. The van der Waals surface area contributed by atoms with E-state index >= 15 is 0 Å². The fourth-order valence-corrected chi connectivity index (χ4v) is 10.3. The molecule has 13 rings (SSSR count). The van der Waals surface area contributed by atoms with E-state index in [1.54, 1.807) is 0 Å². The predicted molar refractivity (Wildman–Crippen MR) is 246 cm³/mol. The van der Waals surface area contributed by atoms with Crippen LogP contribution >= 0.6 is 11.3 Å². The molecule has 5 nitrogen and oxygen atoms in total. The minimum absolute atomic E-state index is 0.552. The van der Waals surface area contributed by atoms with Crippen LogP contribution in [0.3, 0.4) is 0 Å². The molecule has 274 valence electrons. The van der Waals surface area contributed by atoms with Crippen molar-refractivity contribution in [3.8, 4) is 39.9 Å². The summed E-state index contributed by atoms with van der Waals surface area (Å²) in [6, 6.07) is 64.5. The zero-order chi connectivity index (χ0) is 38.6. The van der Waals surface area contributed by atoms with Gasteiger partial charge in [0.05, 0.1) is 11.0 Å². The van der Waals surface area contributed by atoms with Gasteiger partial charge in [-0.15, -0.1) is 11.3 Å². The quantitative estimate of drug-likeness (QED) is 0.179. The Morgan fingerprint density at radius 2 is 1.07 bits per heavy atom. The lowest BCUT2D eigenvalue weighted by Gasteiger charge is -2.13. The summed E-state index contributed by atoms with van der Waals surface area (Å²) < 4.78 is 11.1. The van der Waals surface area contributed by atoms with Crippen LogP contribution < -0.4 is 0 Å². The van der Waals surface area contributed by atoms with E-state index in [4.69, 9.17) is 19.4 Å². The maximum atomic E-state index is 6.36. The highest BCUT2D eigenvalue weighted by molar-refractivity contribution is 7.26. The first-order chi connectivity index (χ1) is 29.2. The second-order valence-electron chi connectivity index (χ2n) is 15.2. The molecule has 13 aromatic rings. The molecule has 0 spiro atoms. The number of nitrogens with zero attached hydrogens (tertiary/aromatic N) is 4. The van der Waals surface area contributed by atoms with E-state index in [0.29, 0.717) is 17.6 Å². The first kappa shape index (κ1) is 32.4. The SMILES string of the molecule is c1ccc2cc(-c3nc(-c4ccc5c(c4)oc4ccccc45)nc(-n4c5ccccc5c5cccc(-c6ccc7c(c6)sc6ccc8ccccc8c67)c54)n3)ccc2c1. The molecule has 0 saturated carbocycles. The molecule has 0 aliphatic carbocycles. The Morgan fingerprint density at radius 1 is 0.407 bits per heavy atom. The number of rotatable bonds is 4. The van der Waals surface area contributed by atoms with E-state index in [1.807, 2.05) is 29.5 Å². The van der Waals surface area contributed by atoms with Gasteiger partial charge in [0.1, 0.15) is 11.2 Å². The van der Waals surface area contributed by atoms with E-state index < -0.39 is 0 Å². The van der Waals surface area contributed by atoms with Crippen molar-refractivity contribution in [1.29, 1.82) is 0 Å². The molecule has 0 unspecified atom stereocenters. The number of furan rings is 1. The van der Waals surface area contributed by atoms with E-state index in [-0.39, 0.29) is 0 Å². The van der Waals surface area contributed by atoms with Crippen LogP contribution in [0.1, 0.15) is 0 Å². The molecule has 0 aliphatic rings. The molecule has 0 bridgehead atoms. The summed E-state index contributed by atoms with van der Waals surface area (Å²) in [5.74, 6) is 1.72. The van der Waals surface area contributed by atoms with Gasteiger partial charge in [-0.1, -0.05) is 140 Å². The van der Waals surface area contributed by atoms with Crippen molar-refractivity contribution in [2.24, 2.45) is 0 Å². The lowest BCUT2D eigenvalue weighted by Crippen LogP contribution is -2.07. The molecule has 0 fully saturated rings. The minimum atomic E-state index is 0.552. The number of aromatic nitrogens is 4. The Bertz CT molecular complexity index is 3870. The molecular weight excluding hydrogens is 741 g/mol. The minimum Gasteiger partial charge on any atom is -0.456 e. The number of fused-ring (bicyclic) bond motifs is 12. The summed E-state index contributed by atoms with van der Waals surface area (Å²) in [6.45, 7) is 0. The van der Waals surface area contributed by atoms with Crippen LogP contribution in [-0.2, 0) is 0 Å². The fraction of sp³-hybridized carbons (Fsp3) is 0. The summed E-state index contributed by atoms with van der Waals surface area (Å²) in [4.78, 5) is 15.9. The number of benzene rings is 9. The Kier molecular flexibility index (Phi) is 6.82. The van der Waals surface area contributed by atoms with E-state index in [1.165, 1.54) is 30.9 Å². The zero-order valence-electron chi connectivity index (χ0n) is 31.4. The highest BCUT2D eigenvalue weighted by Gasteiger charge is 2.22. The highest BCUT2D eigenvalue weighted by Crippen LogP contribution is 2.43. The molecule has 0 saturated heterocycles. The van der Waals surface area contributed by atoms with Crippen LogP contribution in [0, 0.1) is 0 Å². The standard InChI is InChI=1S/C53H30N4OS/c1-2-12-33-28-35(21-20-31(33)10-1)51-54-52(36-23-25-41-40-15-6-8-19-45(40)58-46(41)29-36)56-53(55-51)57-44-18-7-5-14-39(44)42-17-9-16-38(50(42)57)34-22-26-43-48(30-34)59-47-27-24-32-11-3-4-13-37(32)49(43)47/h1-30H. The molecule has 0 radical (unpaired) electrons. The summed E-state index contributed by atoms with van der Waals surface area (Å²) in [7, 11) is 0. The molecule has 0 amide bonds. The number of hydrogen-bond donors (Lipinski definition) is 0. The molecule has 0 aliphatic heterocycles. The molecule has 0 N–H and O–H groups in total. The second-order valence-corrected chi connectivity index (χ2v) is 16.3. The van der Waals surface area contributed by atoms with Crippen molar-refractivity contribution < 1.29 is 4.42 Å². The average Bonchev–Trinajstić information content (AvgIpc) is 3.98. The Morgan fingerprint density at radius 3 is 1.97 bits per heavy atom. The van der Waals surface area contributed by atoms with E-state index in [0.717, 1.165) is 76.8 Å². The Balaban J connectivity index is 1.07. The van der Waals surface area contributed by atoms with Crippen molar-refractivity contribution in [3.05, 3.63) is 182 Å². The van der Waals surface area contributed by atoms with Crippen LogP contribution in [0.2, 0.25) is 0 Å². The average molecular weight is 771 g/mol. The molecule has 9 aromatic carbocycles. The largest absolute Gasteiger partial charge is 0.456 e. The lowest BCUT2D eigenvalue weighted by atomic mass is 9.99. The van der Waals surface area contributed by atoms with Crippen molar-refractivity contribution in [2.45, 2.75) is 0 Å². The first-order valence-electron chi connectivity index (χ1n) is 19.8. The molecule has 0 atom stereocenters. The van der Waals surface area contributed by atoms with Gasteiger partial charge in [-0.3, -0.25) is 4.57 Å². The number of thiophene rings is 1. The number of hydrogen-bond acceptors (Lipinski definition) is 5. The molecule has 4 aromatic heterocycles. The highest BCUT2D eigenvalue weighted by atomic mass is 32.1. The topological polar surface area (TPSA) is 56.7 Å². The Hall–Kier alpha value is -7.67. The van der Waals surface area contributed by atoms with Gasteiger partial charge in [0, 0.05) is 58.4 Å². The van der Waals surface area contributed by atoms with Gasteiger partial charge < -0.3 is 4.42 Å². The molecule has 59 heavy (non-hydrogen) atoms. The second kappa shape index (κ2) is 12.4. The Labute approximate surface area is 341 Å². The third kappa shape index (κ3) is 4.94. The van der Waals surface area contributed by atoms with Gasteiger partial charge >= 0.3 is 0 Å². The third-order valence-electron chi connectivity index (χ3n) is 11.8. The van der Waals surface area contributed by atoms with Crippen molar-refractivity contribution in [1.82, 2.24) is 19.5 Å². The maximum Gasteiger partial charge on any atom is 0.238 e. The van der Waals surface area contributed by atoms with Crippen molar-refractivity contribution >= 4 is 96.8 Å². The van der Waals surface area contributed by atoms with Gasteiger partial charge in [0.15, 0.2) is 11.6 Å². The van der Waals surface area contributed by atoms with Gasteiger partial charge in [0.2, 0.25) is 5.95 Å². The van der Waals surface area contributed by atoms with Crippen LogP contribution in [0.4, 0.5) is 0 Å². The fourth-order valence-electron chi connectivity index (χ4n) is 9.09. The normalized spacial score (nSPS) is 12.1. The lowest BCUT2D eigenvalue weighted by molar-refractivity contribution is 0.669. The van der Waals surface area contributed by atoms with Crippen LogP contribution in [0.15, 0.2) is 186 Å². The van der Waals surface area contributed by atoms with Crippen LogP contribution in [0.25, 0.3) is 125 Å². The predicted octanol–water partition coefficient (Wildman–Crippen LogP) is 14.5. The van der Waals surface area contributed by atoms with E-state index in [2.05, 4.69) is 168 Å². The summed E-state index contributed by atoms with van der Waals surface area (Å²) >= 11 is 1.85. The van der Waals surface area contributed by atoms with Crippen LogP contribution in [0.5, 0.6) is 0 Å². The molecular formula is C53H30N4OS. The summed E-state index contributed by atoms with van der Waals surface area (Å²) in [6.07, 6.45) is 0. The third-order valence-corrected chi connectivity index (χ3v) is 13.0. The molecule has 4 heterocycles. The van der Waals surface area contributed by atoms with E-state index in [9.17, 15) is 0 Å². The van der Waals surface area contributed by atoms with Crippen molar-refractivity contribution in [2.75, 3.05) is 0 Å². The summed E-state index contributed by atoms with van der Waals surface area (Å²) in [5.41, 5.74) is 7.75. The van der Waals surface area contributed by atoms with Crippen LogP contribution in [-0.4, -0.2) is 19.5 Å². The van der Waals surface area contributed by atoms with Gasteiger partial charge in [0.25, 0.3) is 0 Å². The first-order valence-corrected chi connectivity index (χ1v) is 20.6. The van der Waals surface area contributed by atoms with Crippen molar-refractivity contribution in [3.63, 3.8) is 0 Å². The monoisotopic (exact) mass is 770 g/mol. The zero-order valence-corrected chi connectivity index (χ0v) is 32.2. The van der Waals surface area contributed by atoms with Gasteiger partial charge in [-0.05, 0) is 69.6 Å². The smallest absolute Gasteiger partial charge is 0.238 e. The maximum absolute atomic E-state index is 6.36. The number of para-hydroxylation sites is 3. The van der Waals surface area contributed by atoms with Gasteiger partial charge in [-0.25, -0.2) is 4.98 Å².